The molecular weight excluding hydrogens is 324 g/mol. The summed E-state index contributed by atoms with van der Waals surface area (Å²) in [6.07, 6.45) is 0. The number of rotatable bonds is 7. The number of amides is 1. The molecule has 2 aromatic carbocycles. The van der Waals surface area contributed by atoms with Crippen LogP contribution >= 0.6 is 0 Å². The summed E-state index contributed by atoms with van der Waals surface area (Å²) in [5, 5.41) is 0. The van der Waals surface area contributed by atoms with Crippen molar-refractivity contribution in [1.82, 2.24) is 9.62 Å². The van der Waals surface area contributed by atoms with Crippen LogP contribution in [0.15, 0.2) is 59.5 Å². The number of nitrogens with one attached hydrogen (secondary N) is 1. The maximum Gasteiger partial charge on any atom is 0.240 e. The van der Waals surface area contributed by atoms with Crippen molar-refractivity contribution in [1.29, 1.82) is 0 Å². The Kier molecular flexibility index (Phi) is 6.11. The smallest absolute Gasteiger partial charge is 0.240 e. The zero-order valence-corrected chi connectivity index (χ0v) is 14.7. The molecule has 0 aliphatic heterocycles. The van der Waals surface area contributed by atoms with Crippen LogP contribution in [-0.4, -0.2) is 32.3 Å². The summed E-state index contributed by atoms with van der Waals surface area (Å²) in [7, 11) is -3.55. The highest BCUT2D eigenvalue weighted by atomic mass is 32.2. The molecule has 0 saturated carbocycles. The van der Waals surface area contributed by atoms with Crippen LogP contribution in [0.5, 0.6) is 0 Å². The zero-order valence-electron chi connectivity index (χ0n) is 13.9. The SMILES string of the molecule is CC(=O)N(CCNS(=O)(=O)c1ccccc1)Cc1ccc(C)cc1. The van der Waals surface area contributed by atoms with Crippen LogP contribution in [0.4, 0.5) is 0 Å². The number of hydrogen-bond donors (Lipinski definition) is 1. The van der Waals surface area contributed by atoms with Crippen LogP contribution < -0.4 is 4.72 Å². The van der Waals surface area contributed by atoms with Crippen molar-refractivity contribution in [2.24, 2.45) is 0 Å². The summed E-state index contributed by atoms with van der Waals surface area (Å²) >= 11 is 0. The van der Waals surface area contributed by atoms with E-state index in [0.717, 1.165) is 11.1 Å². The van der Waals surface area contributed by atoms with Crippen molar-refractivity contribution >= 4 is 15.9 Å². The van der Waals surface area contributed by atoms with Crippen molar-refractivity contribution in [3.05, 3.63) is 65.7 Å². The molecule has 0 radical (unpaired) electrons. The molecule has 1 N–H and O–H groups in total. The molecule has 0 heterocycles. The number of benzene rings is 2. The van der Waals surface area contributed by atoms with E-state index in [2.05, 4.69) is 4.72 Å². The van der Waals surface area contributed by atoms with Gasteiger partial charge in [-0.2, -0.15) is 0 Å². The van der Waals surface area contributed by atoms with Crippen molar-refractivity contribution in [3.63, 3.8) is 0 Å². The molecule has 0 aliphatic rings. The minimum absolute atomic E-state index is 0.0884. The lowest BCUT2D eigenvalue weighted by molar-refractivity contribution is -0.129. The quantitative estimate of drug-likeness (QED) is 0.837. The predicted molar refractivity (Wildman–Crippen MR) is 93.9 cm³/mol. The Bertz CT molecular complexity index is 772. The number of carbonyl (C=O) groups is 1. The number of sulfonamides is 1. The van der Waals surface area contributed by atoms with E-state index in [1.807, 2.05) is 31.2 Å². The Labute approximate surface area is 143 Å². The fourth-order valence-corrected chi connectivity index (χ4v) is 3.30. The van der Waals surface area contributed by atoms with Gasteiger partial charge in [-0.25, -0.2) is 13.1 Å². The maximum absolute atomic E-state index is 12.2. The van der Waals surface area contributed by atoms with Crippen LogP contribution in [0.25, 0.3) is 0 Å². The second-order valence-corrected chi connectivity index (χ2v) is 7.40. The van der Waals surface area contributed by atoms with Gasteiger partial charge in [0.05, 0.1) is 4.90 Å². The van der Waals surface area contributed by atoms with Gasteiger partial charge in [-0.3, -0.25) is 4.79 Å². The van der Waals surface area contributed by atoms with Crippen LogP contribution in [-0.2, 0) is 21.4 Å². The molecule has 0 atom stereocenters. The second kappa shape index (κ2) is 8.08. The van der Waals surface area contributed by atoms with Gasteiger partial charge in [-0.1, -0.05) is 48.0 Å². The molecule has 5 nitrogen and oxygen atoms in total. The first kappa shape index (κ1) is 18.2. The third-order valence-electron chi connectivity index (χ3n) is 3.67. The summed E-state index contributed by atoms with van der Waals surface area (Å²) in [5.74, 6) is -0.0884. The van der Waals surface area contributed by atoms with Gasteiger partial charge in [0.1, 0.15) is 0 Å². The third-order valence-corrected chi connectivity index (χ3v) is 5.14. The first-order valence-corrected chi connectivity index (χ1v) is 9.22. The molecule has 2 aromatic rings. The molecule has 0 bridgehead atoms. The summed E-state index contributed by atoms with van der Waals surface area (Å²) in [5.41, 5.74) is 2.17. The van der Waals surface area contributed by atoms with Crippen LogP contribution in [0.2, 0.25) is 0 Å². The van der Waals surface area contributed by atoms with E-state index in [4.69, 9.17) is 0 Å². The minimum Gasteiger partial charge on any atom is -0.337 e. The van der Waals surface area contributed by atoms with E-state index in [1.54, 1.807) is 23.1 Å². The molecule has 128 valence electrons. The minimum atomic E-state index is -3.55. The lowest BCUT2D eigenvalue weighted by atomic mass is 10.1. The molecule has 0 unspecified atom stereocenters. The summed E-state index contributed by atoms with van der Waals surface area (Å²) < 4.78 is 26.9. The first-order valence-electron chi connectivity index (χ1n) is 7.74. The average molecular weight is 346 g/mol. The van der Waals surface area contributed by atoms with Gasteiger partial charge < -0.3 is 4.90 Å². The van der Waals surface area contributed by atoms with Gasteiger partial charge in [0, 0.05) is 26.6 Å². The van der Waals surface area contributed by atoms with Gasteiger partial charge in [0.25, 0.3) is 0 Å². The molecule has 0 saturated heterocycles. The number of aryl methyl sites for hydroxylation is 1. The molecule has 0 fully saturated rings. The normalized spacial score (nSPS) is 11.2. The summed E-state index contributed by atoms with van der Waals surface area (Å²) in [6.45, 7) is 4.44. The Hall–Kier alpha value is -2.18. The Balaban J connectivity index is 1.94. The van der Waals surface area contributed by atoms with Gasteiger partial charge in [-0.15, -0.1) is 0 Å². The molecule has 2 rings (SSSR count). The predicted octanol–water partition coefficient (Wildman–Crippen LogP) is 2.32. The molecule has 24 heavy (non-hydrogen) atoms. The van der Waals surface area contributed by atoms with Crippen molar-refractivity contribution < 1.29 is 13.2 Å². The van der Waals surface area contributed by atoms with Gasteiger partial charge in [0.2, 0.25) is 15.9 Å². The van der Waals surface area contributed by atoms with E-state index in [9.17, 15) is 13.2 Å². The third kappa shape index (κ3) is 5.18. The largest absolute Gasteiger partial charge is 0.337 e. The summed E-state index contributed by atoms with van der Waals surface area (Å²) in [4.78, 5) is 13.6. The lowest BCUT2D eigenvalue weighted by Crippen LogP contribution is -2.37. The fraction of sp³-hybridized carbons (Fsp3) is 0.278. The topological polar surface area (TPSA) is 66.5 Å². The van der Waals surface area contributed by atoms with Crippen molar-refractivity contribution in [2.75, 3.05) is 13.1 Å². The van der Waals surface area contributed by atoms with E-state index < -0.39 is 10.0 Å². The Morgan fingerprint density at radius 2 is 1.67 bits per heavy atom. The lowest BCUT2D eigenvalue weighted by Gasteiger charge is -2.21. The van der Waals surface area contributed by atoms with Crippen molar-refractivity contribution in [3.8, 4) is 0 Å². The van der Waals surface area contributed by atoms with Gasteiger partial charge in [0.15, 0.2) is 0 Å². The highest BCUT2D eigenvalue weighted by molar-refractivity contribution is 7.89. The Morgan fingerprint density at radius 3 is 2.25 bits per heavy atom. The van der Waals surface area contributed by atoms with E-state index >= 15 is 0 Å². The van der Waals surface area contributed by atoms with E-state index in [1.165, 1.54) is 19.1 Å². The number of carbonyl (C=O) groups excluding carboxylic acids is 1. The molecule has 0 aromatic heterocycles. The second-order valence-electron chi connectivity index (χ2n) is 5.64. The number of hydrogen-bond acceptors (Lipinski definition) is 3. The van der Waals surface area contributed by atoms with E-state index in [0.29, 0.717) is 13.1 Å². The standard InChI is InChI=1S/C18H22N2O3S/c1-15-8-10-17(11-9-15)14-20(16(2)21)13-12-19-24(22,23)18-6-4-3-5-7-18/h3-11,19H,12-14H2,1-2H3. The van der Waals surface area contributed by atoms with Crippen LogP contribution in [0, 0.1) is 6.92 Å². The van der Waals surface area contributed by atoms with Crippen molar-refractivity contribution in [2.45, 2.75) is 25.3 Å². The van der Waals surface area contributed by atoms with Crippen LogP contribution in [0.1, 0.15) is 18.1 Å². The molecule has 6 heteroatoms. The van der Waals surface area contributed by atoms with Crippen LogP contribution in [0.3, 0.4) is 0 Å². The highest BCUT2D eigenvalue weighted by Crippen LogP contribution is 2.09. The maximum atomic E-state index is 12.2. The van der Waals surface area contributed by atoms with Gasteiger partial charge in [-0.05, 0) is 24.6 Å². The highest BCUT2D eigenvalue weighted by Gasteiger charge is 2.15. The fourth-order valence-electron chi connectivity index (χ4n) is 2.26. The monoisotopic (exact) mass is 346 g/mol. The molecule has 0 aliphatic carbocycles. The first-order chi connectivity index (χ1) is 11.4. The molecule has 0 spiro atoms. The molecular formula is C18H22N2O3S. The molecule has 1 amide bonds. The Morgan fingerprint density at radius 1 is 1.04 bits per heavy atom. The summed E-state index contributed by atoms with van der Waals surface area (Å²) in [6, 6.07) is 16.1. The average Bonchev–Trinajstić information content (AvgIpc) is 2.56. The zero-order chi connectivity index (χ0) is 17.6. The van der Waals surface area contributed by atoms with E-state index in [-0.39, 0.29) is 17.3 Å². The number of nitrogens with zero attached hydrogens (tertiary/aromatic N) is 1. The van der Waals surface area contributed by atoms with Gasteiger partial charge >= 0.3 is 0 Å².